The lowest BCUT2D eigenvalue weighted by atomic mass is 9.90. The Kier molecular flexibility index (Phi) is 6.93. The predicted octanol–water partition coefficient (Wildman–Crippen LogP) is 5.88. The molecule has 2 N–H and O–H groups in total. The first-order chi connectivity index (χ1) is 24.1. The fourth-order valence-electron chi connectivity index (χ4n) is 9.29. The Labute approximate surface area is 289 Å². The molecule has 1 saturated carbocycles. The zero-order valence-electron chi connectivity index (χ0n) is 28.0. The number of fused-ring (bicyclic) bond motifs is 5. The number of anilines is 1. The van der Waals surface area contributed by atoms with E-state index in [4.69, 9.17) is 25.9 Å². The van der Waals surface area contributed by atoms with E-state index in [9.17, 15) is 5.11 Å². The predicted molar refractivity (Wildman–Crippen MR) is 187 cm³/mol. The largest absolute Gasteiger partial charge is 0.508 e. The minimum Gasteiger partial charge on any atom is -0.508 e. The zero-order chi connectivity index (χ0) is 34.5. The van der Waals surface area contributed by atoms with Gasteiger partial charge in [-0.3, -0.25) is 4.90 Å². The van der Waals surface area contributed by atoms with Crippen molar-refractivity contribution in [2.24, 2.45) is 5.92 Å². The van der Waals surface area contributed by atoms with E-state index in [1.807, 2.05) is 0 Å². The summed E-state index contributed by atoms with van der Waals surface area (Å²) in [6.07, 6.45) is 11.8. The highest BCUT2D eigenvalue weighted by atomic mass is 19.1. The van der Waals surface area contributed by atoms with Crippen LogP contribution in [0.4, 0.5) is 14.6 Å². The molecule has 0 spiro atoms. The molecule has 4 saturated heterocycles. The van der Waals surface area contributed by atoms with E-state index >= 15 is 8.78 Å². The van der Waals surface area contributed by atoms with E-state index in [0.29, 0.717) is 35.6 Å². The summed E-state index contributed by atoms with van der Waals surface area (Å²) in [7, 11) is 1.46. The Morgan fingerprint density at radius 3 is 2.58 bits per heavy atom. The Bertz CT molecular complexity index is 2170. The Morgan fingerprint density at radius 1 is 1.08 bits per heavy atom. The van der Waals surface area contributed by atoms with Crippen LogP contribution in [0.25, 0.3) is 32.9 Å². The second kappa shape index (κ2) is 11.1. The van der Waals surface area contributed by atoms with E-state index in [2.05, 4.69) is 39.2 Å². The van der Waals surface area contributed by atoms with Crippen molar-refractivity contribution >= 4 is 27.5 Å². The molecule has 256 valence electrons. The van der Waals surface area contributed by atoms with Gasteiger partial charge in [-0.25, -0.2) is 13.8 Å². The number of methoxy groups -OCH3 is 1. The molecule has 4 aromatic rings. The van der Waals surface area contributed by atoms with Crippen molar-refractivity contribution < 1.29 is 23.4 Å². The van der Waals surface area contributed by atoms with Gasteiger partial charge in [0, 0.05) is 48.7 Å². The highest BCUT2D eigenvalue weighted by molar-refractivity contribution is 6.04. The third-order valence-corrected chi connectivity index (χ3v) is 11.5. The molecule has 5 fully saturated rings. The molecular weight excluding hydrogens is 638 g/mol. The number of halogens is 2. The van der Waals surface area contributed by atoms with Crippen LogP contribution in [0.2, 0.25) is 0 Å². The van der Waals surface area contributed by atoms with E-state index in [1.165, 1.54) is 44.2 Å². The van der Waals surface area contributed by atoms with Crippen molar-refractivity contribution in [3.05, 3.63) is 65.8 Å². The second-order valence-corrected chi connectivity index (χ2v) is 14.9. The van der Waals surface area contributed by atoms with Crippen molar-refractivity contribution in [3.8, 4) is 41.2 Å². The summed E-state index contributed by atoms with van der Waals surface area (Å²) in [5.41, 5.74) is 1.74. The Morgan fingerprint density at radius 2 is 1.86 bits per heavy atom. The quantitative estimate of drug-likeness (QED) is 0.184. The van der Waals surface area contributed by atoms with Gasteiger partial charge in [0.15, 0.2) is 5.82 Å². The fourth-order valence-corrected chi connectivity index (χ4v) is 9.29. The first kappa shape index (κ1) is 31.2. The maximum absolute atomic E-state index is 17.3. The summed E-state index contributed by atoms with van der Waals surface area (Å²) < 4.78 is 44.7. The van der Waals surface area contributed by atoms with Crippen LogP contribution in [0.1, 0.15) is 44.1 Å². The third kappa shape index (κ3) is 4.76. The molecule has 9 rings (SSSR count). The SMILES string of the molecule is C#Cc1c(F)ccc2cc(O)cc(-c3nc(OC)c4c(N5CC6CCC(C7CC7)(C5)N6)nc(OCC56CC(=C)CN5CC(=C)C6)nc4c3F)c12. The van der Waals surface area contributed by atoms with E-state index < -0.39 is 11.6 Å². The number of terminal acetylenes is 1. The molecular formula is C39H38F2N6O3. The van der Waals surface area contributed by atoms with Gasteiger partial charge in [-0.15, -0.1) is 6.42 Å². The topological polar surface area (TPSA) is 95.9 Å². The average molecular weight is 677 g/mol. The smallest absolute Gasteiger partial charge is 0.319 e. The van der Waals surface area contributed by atoms with Gasteiger partial charge in [0.1, 0.15) is 40.6 Å². The minimum atomic E-state index is -0.785. The van der Waals surface area contributed by atoms with Crippen LogP contribution in [0.15, 0.2) is 48.6 Å². The lowest BCUT2D eigenvalue weighted by Crippen LogP contribution is -2.61. The summed E-state index contributed by atoms with van der Waals surface area (Å²) in [4.78, 5) is 18.9. The number of aromatic hydroxyl groups is 1. The molecule has 6 heterocycles. The number of phenolic OH excluding ortho intramolecular Hbond substituents is 1. The van der Waals surface area contributed by atoms with Crippen LogP contribution in [0.3, 0.4) is 0 Å². The highest BCUT2D eigenvalue weighted by Gasteiger charge is 2.53. The molecule has 50 heavy (non-hydrogen) atoms. The van der Waals surface area contributed by atoms with Crippen molar-refractivity contribution in [1.29, 1.82) is 0 Å². The molecule has 4 aliphatic heterocycles. The minimum absolute atomic E-state index is 0.0373. The first-order valence-corrected chi connectivity index (χ1v) is 17.2. The number of pyridine rings is 1. The number of nitrogens with one attached hydrogen (secondary N) is 1. The van der Waals surface area contributed by atoms with Crippen LogP contribution in [0.5, 0.6) is 17.6 Å². The summed E-state index contributed by atoms with van der Waals surface area (Å²) in [6.45, 7) is 11.7. The van der Waals surface area contributed by atoms with Crippen LogP contribution >= 0.6 is 0 Å². The monoisotopic (exact) mass is 676 g/mol. The maximum atomic E-state index is 17.3. The third-order valence-electron chi connectivity index (χ3n) is 11.5. The summed E-state index contributed by atoms with van der Waals surface area (Å²) in [6, 6.07) is 5.80. The zero-order valence-corrected chi connectivity index (χ0v) is 28.0. The molecule has 9 nitrogen and oxygen atoms in total. The van der Waals surface area contributed by atoms with Crippen LogP contribution in [0, 0.1) is 29.9 Å². The Balaban J connectivity index is 1.24. The van der Waals surface area contributed by atoms with Crippen molar-refractivity contribution in [1.82, 2.24) is 25.2 Å². The Hall–Kier alpha value is -4.79. The van der Waals surface area contributed by atoms with Gasteiger partial charge >= 0.3 is 6.01 Å². The lowest BCUT2D eigenvalue weighted by molar-refractivity contribution is 0.108. The molecule has 2 aromatic heterocycles. The van der Waals surface area contributed by atoms with E-state index in [1.54, 1.807) is 0 Å². The van der Waals surface area contributed by atoms with Crippen LogP contribution in [-0.2, 0) is 0 Å². The molecule has 1 aliphatic carbocycles. The number of hydrogen-bond donors (Lipinski definition) is 2. The number of benzene rings is 2. The standard InChI is InChI=1S/C39H38F2N6O3/c1-5-27-29(40)9-6-23-12-26(48)13-28(30(23)27)33-32(41)34-31(36(42-33)49-4)35(46-18-25-10-11-39(19-46,45-25)24-7-8-24)44-37(43-34)50-20-38-14-21(2)16-47(38)17-22(3)15-38/h1,6,9,12-13,24-25,45,48H,2-3,7-8,10-11,14-20H2,4H3. The van der Waals surface area contributed by atoms with Gasteiger partial charge in [-0.2, -0.15) is 9.97 Å². The molecule has 2 bridgehead atoms. The summed E-state index contributed by atoms with van der Waals surface area (Å²) >= 11 is 0. The van der Waals surface area contributed by atoms with Gasteiger partial charge in [0.25, 0.3) is 0 Å². The molecule has 2 aromatic carbocycles. The van der Waals surface area contributed by atoms with Gasteiger partial charge in [0.05, 0.1) is 18.2 Å². The highest BCUT2D eigenvalue weighted by Crippen LogP contribution is 2.50. The molecule has 0 radical (unpaired) electrons. The van der Waals surface area contributed by atoms with E-state index in [0.717, 1.165) is 49.9 Å². The van der Waals surface area contributed by atoms with Crippen LogP contribution in [-0.4, -0.2) is 82.0 Å². The maximum Gasteiger partial charge on any atom is 0.319 e. The molecule has 5 aliphatic rings. The van der Waals surface area contributed by atoms with Gasteiger partial charge < -0.3 is 24.8 Å². The van der Waals surface area contributed by atoms with Gasteiger partial charge in [-0.05, 0) is 68.0 Å². The van der Waals surface area contributed by atoms with Gasteiger partial charge in [-0.1, -0.05) is 36.3 Å². The number of piperazine rings is 1. The number of rotatable bonds is 7. The molecule has 2 atom stereocenters. The van der Waals surface area contributed by atoms with Crippen molar-refractivity contribution in [2.75, 3.05) is 44.8 Å². The summed E-state index contributed by atoms with van der Waals surface area (Å²) in [5.74, 6) is 2.00. The van der Waals surface area contributed by atoms with Crippen LogP contribution < -0.4 is 19.7 Å². The number of nitrogens with zero attached hydrogens (tertiary/aromatic N) is 5. The first-order valence-electron chi connectivity index (χ1n) is 17.2. The van der Waals surface area contributed by atoms with Crippen molar-refractivity contribution in [2.45, 2.75) is 55.6 Å². The van der Waals surface area contributed by atoms with Crippen molar-refractivity contribution in [3.63, 3.8) is 0 Å². The molecule has 2 unspecified atom stereocenters. The van der Waals surface area contributed by atoms with E-state index in [-0.39, 0.29) is 69.1 Å². The number of ether oxygens (including phenoxy) is 2. The number of phenols is 1. The normalized spacial score (nSPS) is 24.3. The average Bonchev–Trinajstić information content (AvgIpc) is 3.78. The van der Waals surface area contributed by atoms with Gasteiger partial charge in [0.2, 0.25) is 5.88 Å². The molecule has 11 heteroatoms. The summed E-state index contributed by atoms with van der Waals surface area (Å²) in [5, 5.41) is 15.6. The number of aromatic nitrogens is 3. The fraction of sp³-hybridized carbons (Fsp3) is 0.410. The lowest BCUT2D eigenvalue weighted by Gasteiger charge is -2.42. The number of hydrogen-bond acceptors (Lipinski definition) is 9. The molecule has 0 amide bonds. The second-order valence-electron chi connectivity index (χ2n) is 14.9.